The molecule has 0 aromatic heterocycles. The summed E-state index contributed by atoms with van der Waals surface area (Å²) in [5, 5.41) is 20.1. The molecule has 1 spiro atoms. The molecule has 0 atom stereocenters. The molecule has 0 bridgehead atoms. The maximum atomic E-state index is 13.6. The number of hydrogen-bond acceptors (Lipinski definition) is 7. The van der Waals surface area contributed by atoms with Crippen molar-refractivity contribution >= 4 is 11.9 Å². The minimum absolute atomic E-state index is 0.0904. The van der Waals surface area contributed by atoms with Crippen molar-refractivity contribution in [1.29, 1.82) is 0 Å². The molecule has 2 aliphatic heterocycles. The van der Waals surface area contributed by atoms with Gasteiger partial charge in [-0.15, -0.1) is 0 Å². The van der Waals surface area contributed by atoms with Crippen LogP contribution in [0.15, 0.2) is 60.7 Å². The zero-order valence-corrected chi connectivity index (χ0v) is 17.8. The molecule has 2 aliphatic rings. The molecule has 1 amide bonds. The van der Waals surface area contributed by atoms with E-state index in [1.54, 1.807) is 36.4 Å². The summed E-state index contributed by atoms with van der Waals surface area (Å²) in [6.07, 6.45) is -5.17. The SMILES string of the molecule is O=C1c2ccccc2C2(c3ccc(O)cc3Oc3cc(O)ccc32)N1CCNOC(=O)C(F)(F)F. The van der Waals surface area contributed by atoms with Gasteiger partial charge < -0.3 is 24.7 Å². The number of alkyl halides is 3. The molecule has 180 valence electrons. The van der Waals surface area contributed by atoms with Gasteiger partial charge in [0, 0.05) is 41.9 Å². The van der Waals surface area contributed by atoms with Gasteiger partial charge in [0.1, 0.15) is 28.5 Å². The van der Waals surface area contributed by atoms with E-state index in [1.165, 1.54) is 29.2 Å². The van der Waals surface area contributed by atoms with E-state index < -0.39 is 23.6 Å². The second-order valence-electron chi connectivity index (χ2n) is 7.96. The van der Waals surface area contributed by atoms with Crippen LogP contribution in [0.5, 0.6) is 23.0 Å². The van der Waals surface area contributed by atoms with E-state index in [9.17, 15) is 33.0 Å². The van der Waals surface area contributed by atoms with Crippen molar-refractivity contribution in [3.63, 3.8) is 0 Å². The van der Waals surface area contributed by atoms with Gasteiger partial charge in [0.2, 0.25) is 0 Å². The Morgan fingerprint density at radius 2 is 1.57 bits per heavy atom. The number of nitrogens with zero attached hydrogens (tertiary/aromatic N) is 1. The number of carbonyl (C=O) groups excluding carboxylic acids is 2. The highest BCUT2D eigenvalue weighted by molar-refractivity contribution is 6.02. The van der Waals surface area contributed by atoms with Crippen LogP contribution in [0.25, 0.3) is 0 Å². The summed E-state index contributed by atoms with van der Waals surface area (Å²) in [6.45, 7) is -0.482. The number of halogens is 3. The smallest absolute Gasteiger partial charge is 0.492 e. The van der Waals surface area contributed by atoms with Crippen LogP contribution in [0.2, 0.25) is 0 Å². The first kappa shape index (κ1) is 22.5. The summed E-state index contributed by atoms with van der Waals surface area (Å²) in [4.78, 5) is 30.1. The van der Waals surface area contributed by atoms with Crippen molar-refractivity contribution in [1.82, 2.24) is 10.4 Å². The lowest BCUT2D eigenvalue weighted by Gasteiger charge is -2.44. The number of aromatic hydroxyl groups is 2. The average molecular weight is 486 g/mol. The predicted molar refractivity (Wildman–Crippen MR) is 114 cm³/mol. The first-order chi connectivity index (χ1) is 16.6. The van der Waals surface area contributed by atoms with E-state index in [1.807, 2.05) is 5.48 Å². The van der Waals surface area contributed by atoms with E-state index in [0.29, 0.717) is 22.3 Å². The highest BCUT2D eigenvalue weighted by Crippen LogP contribution is 2.58. The molecular formula is C24H17F3N2O6. The number of carbonyl (C=O) groups is 2. The molecule has 3 aromatic carbocycles. The molecule has 3 N–H and O–H groups in total. The second-order valence-corrected chi connectivity index (χ2v) is 7.96. The molecule has 0 saturated carbocycles. The van der Waals surface area contributed by atoms with Gasteiger partial charge in [0.05, 0.1) is 0 Å². The number of phenols is 2. The summed E-state index contributed by atoms with van der Waals surface area (Å²) in [6, 6.07) is 15.6. The number of ether oxygens (including phenoxy) is 1. The number of phenolic OH excluding ortho intramolecular Hbond substituents is 2. The monoisotopic (exact) mass is 486 g/mol. The van der Waals surface area contributed by atoms with Crippen LogP contribution in [0.3, 0.4) is 0 Å². The number of amides is 1. The molecule has 0 radical (unpaired) electrons. The van der Waals surface area contributed by atoms with Crippen molar-refractivity contribution in [3.8, 4) is 23.0 Å². The fourth-order valence-electron chi connectivity index (χ4n) is 4.66. The Kier molecular flexibility index (Phi) is 5.09. The fraction of sp³-hybridized carbons (Fsp3) is 0.167. The molecule has 0 saturated heterocycles. The lowest BCUT2D eigenvalue weighted by molar-refractivity contribution is -0.207. The second kappa shape index (κ2) is 7.91. The van der Waals surface area contributed by atoms with Gasteiger partial charge in [0.15, 0.2) is 0 Å². The van der Waals surface area contributed by atoms with Crippen LogP contribution in [-0.4, -0.2) is 46.3 Å². The minimum Gasteiger partial charge on any atom is -0.508 e. The van der Waals surface area contributed by atoms with E-state index in [4.69, 9.17) is 4.74 Å². The number of hydrogen-bond donors (Lipinski definition) is 3. The van der Waals surface area contributed by atoms with Crippen LogP contribution in [0.4, 0.5) is 13.2 Å². The number of hydroxylamine groups is 1. The third-order valence-corrected chi connectivity index (χ3v) is 5.96. The fourth-order valence-corrected chi connectivity index (χ4v) is 4.66. The molecular weight excluding hydrogens is 469 g/mol. The van der Waals surface area contributed by atoms with E-state index in [0.717, 1.165) is 0 Å². The van der Waals surface area contributed by atoms with Gasteiger partial charge in [-0.1, -0.05) is 18.2 Å². The molecule has 0 aliphatic carbocycles. The largest absolute Gasteiger partial charge is 0.508 e. The van der Waals surface area contributed by atoms with Crippen LogP contribution in [0, 0.1) is 0 Å². The van der Waals surface area contributed by atoms with E-state index in [-0.39, 0.29) is 36.1 Å². The molecule has 0 fully saturated rings. The third-order valence-electron chi connectivity index (χ3n) is 5.96. The summed E-state index contributed by atoms with van der Waals surface area (Å²) in [5.74, 6) is -2.54. The van der Waals surface area contributed by atoms with Crippen LogP contribution >= 0.6 is 0 Å². The zero-order valence-electron chi connectivity index (χ0n) is 17.8. The Labute approximate surface area is 196 Å². The number of fused-ring (bicyclic) bond motifs is 6. The summed E-state index contributed by atoms with van der Waals surface area (Å²) in [7, 11) is 0. The lowest BCUT2D eigenvalue weighted by Crippen LogP contribution is -2.49. The lowest BCUT2D eigenvalue weighted by atomic mass is 9.74. The van der Waals surface area contributed by atoms with E-state index >= 15 is 0 Å². The van der Waals surface area contributed by atoms with Crippen molar-refractivity contribution < 1.29 is 42.5 Å². The minimum atomic E-state index is -5.17. The van der Waals surface area contributed by atoms with Gasteiger partial charge >= 0.3 is 12.1 Å². The Bertz CT molecular complexity index is 1310. The molecule has 2 heterocycles. The predicted octanol–water partition coefficient (Wildman–Crippen LogP) is 3.56. The molecule has 35 heavy (non-hydrogen) atoms. The summed E-state index contributed by atoms with van der Waals surface area (Å²) < 4.78 is 43.4. The highest BCUT2D eigenvalue weighted by Gasteiger charge is 2.56. The van der Waals surface area contributed by atoms with Crippen LogP contribution < -0.4 is 10.2 Å². The van der Waals surface area contributed by atoms with Crippen molar-refractivity contribution in [2.24, 2.45) is 0 Å². The van der Waals surface area contributed by atoms with E-state index in [2.05, 4.69) is 4.84 Å². The maximum absolute atomic E-state index is 13.6. The third kappa shape index (κ3) is 3.43. The maximum Gasteiger partial charge on any atom is 0.492 e. The van der Waals surface area contributed by atoms with Gasteiger partial charge in [0.25, 0.3) is 5.91 Å². The molecule has 0 unspecified atom stereocenters. The average Bonchev–Trinajstić information content (AvgIpc) is 3.04. The Morgan fingerprint density at radius 3 is 2.17 bits per heavy atom. The van der Waals surface area contributed by atoms with Crippen LogP contribution in [-0.2, 0) is 15.2 Å². The number of benzene rings is 3. The molecule has 5 rings (SSSR count). The molecule has 11 heteroatoms. The van der Waals surface area contributed by atoms with Crippen molar-refractivity contribution in [2.75, 3.05) is 13.1 Å². The highest BCUT2D eigenvalue weighted by atomic mass is 19.4. The first-order valence-corrected chi connectivity index (χ1v) is 10.4. The Hall–Kier alpha value is -4.25. The number of nitrogens with one attached hydrogen (secondary N) is 1. The van der Waals surface area contributed by atoms with Gasteiger partial charge in [-0.05, 0) is 35.9 Å². The summed E-state index contributed by atoms with van der Waals surface area (Å²) in [5.41, 5.74) is 2.62. The normalized spacial score (nSPS) is 15.3. The van der Waals surface area contributed by atoms with Gasteiger partial charge in [-0.3, -0.25) is 4.79 Å². The number of rotatable bonds is 4. The van der Waals surface area contributed by atoms with Gasteiger partial charge in [-0.25, -0.2) is 4.79 Å². The van der Waals surface area contributed by atoms with Gasteiger partial charge in [-0.2, -0.15) is 18.7 Å². The van der Waals surface area contributed by atoms with Crippen molar-refractivity contribution in [3.05, 3.63) is 82.9 Å². The quantitative estimate of drug-likeness (QED) is 0.382. The summed E-state index contributed by atoms with van der Waals surface area (Å²) >= 11 is 0. The van der Waals surface area contributed by atoms with Crippen molar-refractivity contribution in [2.45, 2.75) is 11.7 Å². The molecule has 3 aromatic rings. The first-order valence-electron chi connectivity index (χ1n) is 10.4. The topological polar surface area (TPSA) is 108 Å². The van der Waals surface area contributed by atoms with Crippen LogP contribution in [0.1, 0.15) is 27.0 Å². The Balaban J connectivity index is 1.64. The Morgan fingerprint density at radius 1 is 0.971 bits per heavy atom. The molecule has 8 nitrogen and oxygen atoms in total. The standard InChI is InChI=1S/C24H17F3N2O6/c25-24(26,27)22(33)35-28-9-10-29-21(32)15-3-1-2-4-16(15)23(29)17-7-5-13(30)11-19(17)34-20-12-14(31)6-8-18(20)23/h1-8,11-12,28,30-31H,9-10H2. The zero-order chi connectivity index (χ0) is 25.0.